The molecule has 11 heteroatoms. The first-order valence-corrected chi connectivity index (χ1v) is 9.75. The predicted octanol–water partition coefficient (Wildman–Crippen LogP) is 3.23. The van der Waals surface area contributed by atoms with Crippen LogP contribution >= 0.6 is 0 Å². The summed E-state index contributed by atoms with van der Waals surface area (Å²) in [5.74, 6) is 0.0650. The first-order chi connectivity index (χ1) is 12.0. The highest BCUT2D eigenvalue weighted by Gasteiger charge is 2.34. The number of nitro groups is 1. The minimum atomic E-state index is -4.66. The molecule has 0 amide bonds. The second-order valence-electron chi connectivity index (χ2n) is 6.12. The second kappa shape index (κ2) is 7.78. The minimum Gasteiger partial charge on any atom is -0.377 e. The molecule has 26 heavy (non-hydrogen) atoms. The number of hydrogen-bond acceptors (Lipinski definition) is 5. The SMILES string of the molecule is CCCS(=O)(=O)N1CCC(Nc2ccc(C(F)(F)F)cc2[N+](=O)[O-])CC1. The van der Waals surface area contributed by atoms with E-state index in [9.17, 15) is 31.7 Å². The van der Waals surface area contributed by atoms with E-state index in [2.05, 4.69) is 5.32 Å². The maximum Gasteiger partial charge on any atom is 0.416 e. The fraction of sp³-hybridized carbons (Fsp3) is 0.600. The molecule has 1 heterocycles. The van der Waals surface area contributed by atoms with E-state index in [1.807, 2.05) is 0 Å². The molecule has 0 atom stereocenters. The van der Waals surface area contributed by atoms with Gasteiger partial charge >= 0.3 is 6.18 Å². The number of anilines is 1. The zero-order chi connectivity index (χ0) is 19.5. The molecule has 2 rings (SSSR count). The van der Waals surface area contributed by atoms with Crippen LogP contribution in [0.2, 0.25) is 0 Å². The Morgan fingerprint density at radius 1 is 1.31 bits per heavy atom. The Kier molecular flexibility index (Phi) is 6.12. The first kappa shape index (κ1) is 20.4. The number of hydrogen-bond donors (Lipinski definition) is 1. The van der Waals surface area contributed by atoms with Crippen molar-refractivity contribution in [3.63, 3.8) is 0 Å². The van der Waals surface area contributed by atoms with Crippen LogP contribution in [0.25, 0.3) is 0 Å². The number of nitrogens with zero attached hydrogens (tertiary/aromatic N) is 2. The molecule has 1 aromatic carbocycles. The number of rotatable bonds is 6. The third-order valence-electron chi connectivity index (χ3n) is 4.19. The third kappa shape index (κ3) is 4.85. The van der Waals surface area contributed by atoms with Crippen LogP contribution in [0.15, 0.2) is 18.2 Å². The highest BCUT2D eigenvalue weighted by atomic mass is 32.2. The summed E-state index contributed by atoms with van der Waals surface area (Å²) in [6, 6.07) is 2.08. The van der Waals surface area contributed by atoms with Gasteiger partial charge in [0.25, 0.3) is 5.69 Å². The van der Waals surface area contributed by atoms with Crippen LogP contribution in [0.1, 0.15) is 31.7 Å². The van der Waals surface area contributed by atoms with Gasteiger partial charge in [0.2, 0.25) is 10.0 Å². The molecular weight excluding hydrogens is 375 g/mol. The smallest absolute Gasteiger partial charge is 0.377 e. The Labute approximate surface area is 149 Å². The summed E-state index contributed by atoms with van der Waals surface area (Å²) in [5, 5.41) is 14.0. The van der Waals surface area contributed by atoms with Crippen molar-refractivity contribution >= 4 is 21.4 Å². The lowest BCUT2D eigenvalue weighted by Crippen LogP contribution is -2.43. The summed E-state index contributed by atoms with van der Waals surface area (Å²) >= 11 is 0. The van der Waals surface area contributed by atoms with Gasteiger partial charge in [0, 0.05) is 25.2 Å². The zero-order valence-corrected chi connectivity index (χ0v) is 14.9. The van der Waals surface area contributed by atoms with Gasteiger partial charge in [-0.05, 0) is 31.4 Å². The van der Waals surface area contributed by atoms with Crippen molar-refractivity contribution in [1.29, 1.82) is 0 Å². The first-order valence-electron chi connectivity index (χ1n) is 8.14. The van der Waals surface area contributed by atoms with Crippen LogP contribution in [0, 0.1) is 10.1 Å². The molecule has 1 fully saturated rings. The monoisotopic (exact) mass is 395 g/mol. The van der Waals surface area contributed by atoms with Crippen molar-refractivity contribution in [2.24, 2.45) is 0 Å². The minimum absolute atomic E-state index is 0.00198. The van der Waals surface area contributed by atoms with E-state index in [1.54, 1.807) is 6.92 Å². The molecule has 0 spiro atoms. The van der Waals surface area contributed by atoms with E-state index in [-0.39, 0.29) is 30.6 Å². The van der Waals surface area contributed by atoms with Crippen LogP contribution in [0.4, 0.5) is 24.5 Å². The zero-order valence-electron chi connectivity index (χ0n) is 14.1. The molecule has 1 aliphatic heterocycles. The van der Waals surface area contributed by atoms with Gasteiger partial charge in [-0.3, -0.25) is 10.1 Å². The van der Waals surface area contributed by atoms with Crippen LogP contribution in [-0.2, 0) is 16.2 Å². The van der Waals surface area contributed by atoms with Gasteiger partial charge in [0.15, 0.2) is 0 Å². The van der Waals surface area contributed by atoms with E-state index in [1.165, 1.54) is 4.31 Å². The van der Waals surface area contributed by atoms with Crippen molar-refractivity contribution in [1.82, 2.24) is 4.31 Å². The molecule has 146 valence electrons. The van der Waals surface area contributed by atoms with E-state index >= 15 is 0 Å². The molecular formula is C15H20F3N3O4S. The number of alkyl halides is 3. The predicted molar refractivity (Wildman–Crippen MR) is 90.4 cm³/mol. The van der Waals surface area contributed by atoms with E-state index in [0.29, 0.717) is 25.3 Å². The molecule has 0 aliphatic carbocycles. The molecule has 1 saturated heterocycles. The highest BCUT2D eigenvalue weighted by Crippen LogP contribution is 2.35. The second-order valence-corrected chi connectivity index (χ2v) is 8.21. The molecule has 0 bridgehead atoms. The average molecular weight is 395 g/mol. The van der Waals surface area contributed by atoms with Gasteiger partial charge in [-0.25, -0.2) is 12.7 Å². The van der Waals surface area contributed by atoms with Crippen molar-refractivity contribution in [3.05, 3.63) is 33.9 Å². The molecule has 0 radical (unpaired) electrons. The summed E-state index contributed by atoms with van der Waals surface area (Å²) in [6.07, 6.45) is -3.32. The standard InChI is InChI=1S/C15H20F3N3O4S/c1-2-9-26(24,25)20-7-5-12(6-8-20)19-13-4-3-11(15(16,17)18)10-14(13)21(22)23/h3-4,10,12,19H,2,5-9H2,1H3. The normalized spacial score (nSPS) is 17.2. The fourth-order valence-corrected chi connectivity index (χ4v) is 4.41. The topological polar surface area (TPSA) is 92.6 Å². The fourth-order valence-electron chi connectivity index (χ4n) is 2.87. The van der Waals surface area contributed by atoms with Crippen LogP contribution in [0.5, 0.6) is 0 Å². The summed E-state index contributed by atoms with van der Waals surface area (Å²) in [7, 11) is -3.30. The van der Waals surface area contributed by atoms with Gasteiger partial charge < -0.3 is 5.32 Å². The van der Waals surface area contributed by atoms with Gasteiger partial charge in [-0.15, -0.1) is 0 Å². The summed E-state index contributed by atoms with van der Waals surface area (Å²) < 4.78 is 63.7. The Balaban J connectivity index is 2.09. The van der Waals surface area contributed by atoms with E-state index in [4.69, 9.17) is 0 Å². The Morgan fingerprint density at radius 2 is 1.92 bits per heavy atom. The number of benzene rings is 1. The maximum absolute atomic E-state index is 12.7. The van der Waals surface area contributed by atoms with Gasteiger partial charge in [-0.1, -0.05) is 6.92 Å². The maximum atomic E-state index is 12.7. The number of piperidine rings is 1. The van der Waals surface area contributed by atoms with Gasteiger partial charge in [-0.2, -0.15) is 13.2 Å². The number of sulfonamides is 1. The summed E-state index contributed by atoms with van der Waals surface area (Å²) in [6.45, 7) is 2.32. The molecule has 7 nitrogen and oxygen atoms in total. The van der Waals surface area contributed by atoms with Crippen molar-refractivity contribution < 1.29 is 26.5 Å². The summed E-state index contributed by atoms with van der Waals surface area (Å²) in [4.78, 5) is 10.2. The Bertz CT molecular complexity index is 760. The van der Waals surface area contributed by atoms with Crippen LogP contribution < -0.4 is 5.32 Å². The summed E-state index contributed by atoms with van der Waals surface area (Å²) in [5.41, 5.74) is -1.74. The quantitative estimate of drug-likeness (QED) is 0.590. The van der Waals surface area contributed by atoms with Crippen molar-refractivity contribution in [3.8, 4) is 0 Å². The number of nitro benzene ring substituents is 1. The van der Waals surface area contributed by atoms with Crippen LogP contribution in [-0.4, -0.2) is 42.5 Å². The van der Waals surface area contributed by atoms with Crippen molar-refractivity contribution in [2.75, 3.05) is 24.2 Å². The van der Waals surface area contributed by atoms with Crippen LogP contribution in [0.3, 0.4) is 0 Å². The van der Waals surface area contributed by atoms with Gasteiger partial charge in [0.05, 0.1) is 16.2 Å². The third-order valence-corrected chi connectivity index (χ3v) is 6.27. The van der Waals surface area contributed by atoms with Crippen molar-refractivity contribution in [2.45, 2.75) is 38.4 Å². The van der Waals surface area contributed by atoms with Gasteiger partial charge in [0.1, 0.15) is 5.69 Å². The lowest BCUT2D eigenvalue weighted by Gasteiger charge is -2.32. The molecule has 1 aromatic rings. The molecule has 1 aliphatic rings. The molecule has 1 N–H and O–H groups in total. The largest absolute Gasteiger partial charge is 0.416 e. The molecule has 0 aromatic heterocycles. The van der Waals surface area contributed by atoms with E-state index in [0.717, 1.165) is 12.1 Å². The number of nitrogens with one attached hydrogen (secondary N) is 1. The molecule has 0 unspecified atom stereocenters. The number of halogens is 3. The Morgan fingerprint density at radius 3 is 2.42 bits per heavy atom. The Hall–Kier alpha value is -1.88. The van der Waals surface area contributed by atoms with E-state index < -0.39 is 32.4 Å². The highest BCUT2D eigenvalue weighted by molar-refractivity contribution is 7.89. The molecule has 0 saturated carbocycles. The average Bonchev–Trinajstić information content (AvgIpc) is 2.54. The lowest BCUT2D eigenvalue weighted by atomic mass is 10.1. The lowest BCUT2D eigenvalue weighted by molar-refractivity contribution is -0.384.